The molecule has 10 heteroatoms. The zero-order valence-electron chi connectivity index (χ0n) is 27.9. The lowest BCUT2D eigenvalue weighted by Gasteiger charge is -2.23. The molecule has 2 N–H and O–H groups in total. The van der Waals surface area contributed by atoms with Crippen LogP contribution in [0.4, 0.5) is 4.79 Å². The van der Waals surface area contributed by atoms with E-state index in [4.69, 9.17) is 14.0 Å². The van der Waals surface area contributed by atoms with E-state index in [9.17, 15) is 14.4 Å². The number of benzene rings is 1. The molecular weight excluding hydrogens is 560 g/mol. The molecule has 0 saturated carbocycles. The number of amides is 2. The van der Waals surface area contributed by atoms with Gasteiger partial charge in [0.15, 0.2) is 0 Å². The predicted octanol–water partition coefficient (Wildman–Crippen LogP) is 7.44. The lowest BCUT2D eigenvalue weighted by Crippen LogP contribution is -2.48. The molecule has 2 amide bonds. The van der Waals surface area contributed by atoms with Crippen LogP contribution in [0.1, 0.15) is 131 Å². The fourth-order valence-corrected chi connectivity index (χ4v) is 4.58. The summed E-state index contributed by atoms with van der Waals surface area (Å²) < 4.78 is 16.0. The smallest absolute Gasteiger partial charge is 0.408 e. The number of unbranched alkanes of at least 4 members (excludes halogenated alkanes) is 7. The fraction of sp³-hybridized carbons (Fsp3) is 0.676. The molecule has 2 aromatic rings. The molecule has 44 heavy (non-hydrogen) atoms. The van der Waals surface area contributed by atoms with Gasteiger partial charge in [0.1, 0.15) is 17.2 Å². The van der Waals surface area contributed by atoms with Crippen molar-refractivity contribution in [1.29, 1.82) is 0 Å². The van der Waals surface area contributed by atoms with Gasteiger partial charge >= 0.3 is 12.1 Å². The molecule has 0 fully saturated rings. The maximum atomic E-state index is 13.0. The van der Waals surface area contributed by atoms with Gasteiger partial charge in [0.05, 0.1) is 6.54 Å². The SMILES string of the molecule is CCCCCCCCCCc1ccc(-c2noc(CNC(=O)[C@H](CCCC(=O)OC(C)(C)C)NC(=O)OC(C)(C)C)n2)cc1. The topological polar surface area (TPSA) is 133 Å². The van der Waals surface area contributed by atoms with Crippen LogP contribution >= 0.6 is 0 Å². The van der Waals surface area contributed by atoms with Gasteiger partial charge in [-0.3, -0.25) is 9.59 Å². The zero-order valence-corrected chi connectivity index (χ0v) is 27.9. The molecule has 1 heterocycles. The molecule has 1 aromatic carbocycles. The Morgan fingerprint density at radius 1 is 0.841 bits per heavy atom. The molecule has 2 rings (SSSR count). The van der Waals surface area contributed by atoms with E-state index in [2.05, 4.69) is 39.8 Å². The first kappa shape index (κ1) is 36.8. The summed E-state index contributed by atoms with van der Waals surface area (Å²) in [5, 5.41) is 9.42. The van der Waals surface area contributed by atoms with Crippen molar-refractivity contribution in [2.24, 2.45) is 0 Å². The molecule has 0 saturated heterocycles. The molecule has 0 spiro atoms. The second-order valence-corrected chi connectivity index (χ2v) is 13.3. The number of aromatic nitrogens is 2. The fourth-order valence-electron chi connectivity index (χ4n) is 4.58. The first-order valence-electron chi connectivity index (χ1n) is 16.2. The average molecular weight is 615 g/mol. The van der Waals surface area contributed by atoms with Crippen molar-refractivity contribution >= 4 is 18.0 Å². The van der Waals surface area contributed by atoms with Gasteiger partial charge in [0, 0.05) is 12.0 Å². The van der Waals surface area contributed by atoms with Gasteiger partial charge in [-0.2, -0.15) is 4.98 Å². The van der Waals surface area contributed by atoms with Crippen LogP contribution in [0.15, 0.2) is 28.8 Å². The molecular formula is C34H54N4O6. The van der Waals surface area contributed by atoms with Gasteiger partial charge < -0.3 is 24.6 Å². The molecule has 10 nitrogen and oxygen atoms in total. The summed E-state index contributed by atoms with van der Waals surface area (Å²) >= 11 is 0. The van der Waals surface area contributed by atoms with E-state index in [1.807, 2.05) is 12.1 Å². The van der Waals surface area contributed by atoms with Crippen molar-refractivity contribution in [1.82, 2.24) is 20.8 Å². The average Bonchev–Trinajstić information content (AvgIpc) is 3.40. The van der Waals surface area contributed by atoms with E-state index in [0.717, 1.165) is 12.0 Å². The van der Waals surface area contributed by atoms with Crippen LogP contribution in [-0.4, -0.2) is 45.4 Å². The molecule has 0 aliphatic heterocycles. The van der Waals surface area contributed by atoms with Crippen LogP contribution in [-0.2, 0) is 32.0 Å². The number of aryl methyl sites for hydroxylation is 1. The van der Waals surface area contributed by atoms with Crippen LogP contribution in [0.25, 0.3) is 11.4 Å². The first-order chi connectivity index (χ1) is 20.8. The summed E-state index contributed by atoms with van der Waals surface area (Å²) in [7, 11) is 0. The van der Waals surface area contributed by atoms with E-state index in [1.54, 1.807) is 41.5 Å². The summed E-state index contributed by atoms with van der Waals surface area (Å²) in [6.45, 7) is 12.8. The number of ether oxygens (including phenoxy) is 2. The number of hydrogen-bond donors (Lipinski definition) is 2. The summed E-state index contributed by atoms with van der Waals surface area (Å²) in [5.74, 6) is -0.145. The Hall–Kier alpha value is -3.43. The summed E-state index contributed by atoms with van der Waals surface area (Å²) in [6, 6.07) is 7.23. The van der Waals surface area contributed by atoms with Crippen molar-refractivity contribution in [3.05, 3.63) is 35.7 Å². The molecule has 1 aromatic heterocycles. The summed E-state index contributed by atoms with van der Waals surface area (Å²) in [6.07, 6.45) is 11.4. The van der Waals surface area contributed by atoms with Crippen molar-refractivity contribution < 1.29 is 28.4 Å². The quantitative estimate of drug-likeness (QED) is 0.131. The van der Waals surface area contributed by atoms with Crippen LogP contribution in [0.5, 0.6) is 0 Å². The molecule has 0 bridgehead atoms. The highest BCUT2D eigenvalue weighted by Crippen LogP contribution is 2.19. The standard InChI is InChI=1S/C34H54N4O6/c1-8-9-10-11-12-13-14-15-17-25-20-22-26(23-21-25)30-37-28(44-38-30)24-35-31(40)27(36-32(41)43-34(5,6)7)18-16-19-29(39)42-33(2,3)4/h20-23,27H,8-19,24H2,1-7H3,(H,35,40)(H,36,41)/t27-/m0/s1. The number of esters is 1. The first-order valence-corrected chi connectivity index (χ1v) is 16.2. The Morgan fingerprint density at radius 2 is 1.45 bits per heavy atom. The summed E-state index contributed by atoms with van der Waals surface area (Å²) in [4.78, 5) is 42.0. The minimum atomic E-state index is -0.928. The number of nitrogens with one attached hydrogen (secondary N) is 2. The highest BCUT2D eigenvalue weighted by atomic mass is 16.6. The van der Waals surface area contributed by atoms with Crippen LogP contribution in [0, 0.1) is 0 Å². The Bertz CT molecular complexity index is 1150. The number of hydrogen-bond acceptors (Lipinski definition) is 8. The van der Waals surface area contributed by atoms with Gasteiger partial charge in [-0.05, 0) is 72.8 Å². The van der Waals surface area contributed by atoms with E-state index < -0.39 is 29.2 Å². The number of carbonyl (C=O) groups excluding carboxylic acids is 3. The van der Waals surface area contributed by atoms with Crippen LogP contribution in [0.2, 0.25) is 0 Å². The van der Waals surface area contributed by atoms with Crippen molar-refractivity contribution in [3.8, 4) is 11.4 Å². The van der Waals surface area contributed by atoms with Gasteiger partial charge in [0.2, 0.25) is 17.6 Å². The minimum Gasteiger partial charge on any atom is -0.460 e. The largest absolute Gasteiger partial charge is 0.460 e. The number of nitrogens with zero attached hydrogens (tertiary/aromatic N) is 2. The maximum Gasteiger partial charge on any atom is 0.408 e. The Balaban J connectivity index is 1.87. The van der Waals surface area contributed by atoms with E-state index in [1.165, 1.54) is 56.9 Å². The number of carbonyl (C=O) groups is 3. The highest BCUT2D eigenvalue weighted by molar-refractivity contribution is 5.85. The molecule has 246 valence electrons. The normalized spacial score (nSPS) is 12.4. The van der Waals surface area contributed by atoms with Gasteiger partial charge in [-0.1, -0.05) is 81.3 Å². The third-order valence-corrected chi connectivity index (χ3v) is 6.71. The molecule has 0 aliphatic carbocycles. The minimum absolute atomic E-state index is 0.0130. The van der Waals surface area contributed by atoms with Gasteiger partial charge in [0.25, 0.3) is 0 Å². The molecule has 0 radical (unpaired) electrons. The number of rotatable bonds is 18. The van der Waals surface area contributed by atoms with Crippen molar-refractivity contribution in [2.75, 3.05) is 0 Å². The van der Waals surface area contributed by atoms with E-state index in [0.29, 0.717) is 12.2 Å². The monoisotopic (exact) mass is 614 g/mol. The molecule has 0 unspecified atom stereocenters. The van der Waals surface area contributed by atoms with E-state index in [-0.39, 0.29) is 31.2 Å². The van der Waals surface area contributed by atoms with E-state index >= 15 is 0 Å². The Kier molecular flexibility index (Phi) is 15.4. The predicted molar refractivity (Wildman–Crippen MR) is 171 cm³/mol. The van der Waals surface area contributed by atoms with Gasteiger partial charge in [-0.25, -0.2) is 4.79 Å². The Morgan fingerprint density at radius 3 is 2.07 bits per heavy atom. The lowest BCUT2D eigenvalue weighted by molar-refractivity contribution is -0.155. The Labute approximate surface area is 263 Å². The third kappa shape index (κ3) is 15.9. The second kappa shape index (κ2) is 18.4. The lowest BCUT2D eigenvalue weighted by atomic mass is 10.0. The van der Waals surface area contributed by atoms with Gasteiger partial charge in [-0.15, -0.1) is 0 Å². The molecule has 0 aliphatic rings. The van der Waals surface area contributed by atoms with Crippen molar-refractivity contribution in [2.45, 2.75) is 149 Å². The number of alkyl carbamates (subject to hydrolysis) is 1. The highest BCUT2D eigenvalue weighted by Gasteiger charge is 2.25. The van der Waals surface area contributed by atoms with Crippen molar-refractivity contribution in [3.63, 3.8) is 0 Å². The maximum absolute atomic E-state index is 13.0. The zero-order chi connectivity index (χ0) is 32.6. The molecule has 1 atom stereocenters. The second-order valence-electron chi connectivity index (χ2n) is 13.3. The van der Waals surface area contributed by atoms with Crippen LogP contribution < -0.4 is 10.6 Å². The van der Waals surface area contributed by atoms with Crippen LogP contribution in [0.3, 0.4) is 0 Å². The summed E-state index contributed by atoms with van der Waals surface area (Å²) in [5.41, 5.74) is 0.789. The third-order valence-electron chi connectivity index (χ3n) is 6.71.